The molecule has 17 heavy (non-hydrogen) atoms. The van der Waals surface area contributed by atoms with E-state index in [1.54, 1.807) is 11.0 Å². The number of benzene rings is 1. The molecule has 0 atom stereocenters. The Morgan fingerprint density at radius 1 is 1.41 bits per heavy atom. The van der Waals surface area contributed by atoms with Crippen LogP contribution in [0.1, 0.15) is 6.92 Å². The fourth-order valence-corrected chi connectivity index (χ4v) is 1.56. The average molecular weight is 232 g/mol. The zero-order chi connectivity index (χ0) is 12.1. The highest BCUT2D eigenvalue weighted by molar-refractivity contribution is 5.56. The van der Waals surface area contributed by atoms with E-state index in [4.69, 9.17) is 10.5 Å². The number of hydrogen-bond donors (Lipinski definition) is 1. The fourth-order valence-electron chi connectivity index (χ4n) is 1.56. The summed E-state index contributed by atoms with van der Waals surface area (Å²) >= 11 is 0. The standard InChI is InChI=1S/C12H16N4O/c1-2-17-11-5-3-4-10(8-11)12-14-9-16(15-12)7-6-13/h3-5,8-9H,2,6-7,13H2,1H3. The van der Waals surface area contributed by atoms with Gasteiger partial charge in [0, 0.05) is 12.1 Å². The van der Waals surface area contributed by atoms with Gasteiger partial charge in [0.25, 0.3) is 0 Å². The Bertz CT molecular complexity index is 481. The van der Waals surface area contributed by atoms with E-state index in [-0.39, 0.29) is 0 Å². The summed E-state index contributed by atoms with van der Waals surface area (Å²) in [4.78, 5) is 4.25. The molecule has 1 aromatic heterocycles. The lowest BCUT2D eigenvalue weighted by Crippen LogP contribution is -2.10. The molecule has 0 fully saturated rings. The van der Waals surface area contributed by atoms with Crippen LogP contribution in [-0.2, 0) is 6.54 Å². The molecule has 2 aromatic rings. The highest BCUT2D eigenvalue weighted by atomic mass is 16.5. The molecule has 0 unspecified atom stereocenters. The zero-order valence-electron chi connectivity index (χ0n) is 9.84. The van der Waals surface area contributed by atoms with Gasteiger partial charge in [-0.05, 0) is 19.1 Å². The first-order valence-electron chi connectivity index (χ1n) is 5.66. The van der Waals surface area contributed by atoms with Crippen LogP contribution in [0.25, 0.3) is 11.4 Å². The summed E-state index contributed by atoms with van der Waals surface area (Å²) in [5.74, 6) is 1.53. The van der Waals surface area contributed by atoms with Gasteiger partial charge in [-0.3, -0.25) is 4.68 Å². The highest BCUT2D eigenvalue weighted by Crippen LogP contribution is 2.20. The third kappa shape index (κ3) is 2.82. The van der Waals surface area contributed by atoms with Crippen LogP contribution in [0.4, 0.5) is 0 Å². The van der Waals surface area contributed by atoms with Gasteiger partial charge in [0.2, 0.25) is 0 Å². The minimum absolute atomic E-state index is 0.557. The molecule has 0 saturated heterocycles. The maximum absolute atomic E-state index is 5.46. The fraction of sp³-hybridized carbons (Fsp3) is 0.333. The molecule has 2 N–H and O–H groups in total. The second-order valence-corrected chi connectivity index (χ2v) is 3.58. The summed E-state index contributed by atoms with van der Waals surface area (Å²) in [6.07, 6.45) is 1.69. The molecule has 0 aliphatic heterocycles. The minimum Gasteiger partial charge on any atom is -0.494 e. The van der Waals surface area contributed by atoms with Crippen LogP contribution in [0, 0.1) is 0 Å². The average Bonchev–Trinajstić information content (AvgIpc) is 2.79. The largest absolute Gasteiger partial charge is 0.494 e. The topological polar surface area (TPSA) is 66.0 Å². The normalized spacial score (nSPS) is 10.5. The molecule has 0 amide bonds. The van der Waals surface area contributed by atoms with Crippen LogP contribution >= 0.6 is 0 Å². The van der Waals surface area contributed by atoms with Gasteiger partial charge in [-0.25, -0.2) is 4.98 Å². The van der Waals surface area contributed by atoms with Crippen LogP contribution in [0.5, 0.6) is 5.75 Å². The quantitative estimate of drug-likeness (QED) is 0.844. The van der Waals surface area contributed by atoms with E-state index >= 15 is 0 Å². The molecule has 0 bridgehead atoms. The maximum atomic E-state index is 5.46. The predicted molar refractivity (Wildman–Crippen MR) is 65.7 cm³/mol. The molecule has 0 radical (unpaired) electrons. The van der Waals surface area contributed by atoms with Crippen molar-refractivity contribution in [2.24, 2.45) is 5.73 Å². The maximum Gasteiger partial charge on any atom is 0.181 e. The Hall–Kier alpha value is -1.88. The van der Waals surface area contributed by atoms with Gasteiger partial charge in [0.05, 0.1) is 13.2 Å². The zero-order valence-corrected chi connectivity index (χ0v) is 9.84. The Morgan fingerprint density at radius 3 is 3.06 bits per heavy atom. The van der Waals surface area contributed by atoms with Crippen molar-refractivity contribution in [2.75, 3.05) is 13.2 Å². The molecule has 0 aliphatic rings. The van der Waals surface area contributed by atoms with E-state index in [2.05, 4.69) is 10.1 Å². The van der Waals surface area contributed by atoms with Crippen LogP contribution in [0.2, 0.25) is 0 Å². The second kappa shape index (κ2) is 5.45. The molecule has 1 aromatic carbocycles. The first kappa shape index (κ1) is 11.6. The van der Waals surface area contributed by atoms with Gasteiger partial charge in [0.1, 0.15) is 12.1 Å². The van der Waals surface area contributed by atoms with Crippen LogP contribution in [-0.4, -0.2) is 27.9 Å². The van der Waals surface area contributed by atoms with Crippen molar-refractivity contribution in [3.63, 3.8) is 0 Å². The smallest absolute Gasteiger partial charge is 0.181 e. The van der Waals surface area contributed by atoms with Crippen molar-refractivity contribution >= 4 is 0 Å². The molecule has 0 aliphatic carbocycles. The van der Waals surface area contributed by atoms with Crippen molar-refractivity contribution < 1.29 is 4.74 Å². The summed E-state index contributed by atoms with van der Waals surface area (Å²) in [5.41, 5.74) is 6.41. The van der Waals surface area contributed by atoms with Crippen molar-refractivity contribution in [1.29, 1.82) is 0 Å². The Morgan fingerprint density at radius 2 is 2.29 bits per heavy atom. The third-order valence-corrected chi connectivity index (χ3v) is 2.30. The van der Waals surface area contributed by atoms with Gasteiger partial charge in [-0.15, -0.1) is 0 Å². The number of hydrogen-bond acceptors (Lipinski definition) is 4. The van der Waals surface area contributed by atoms with Crippen molar-refractivity contribution in [3.05, 3.63) is 30.6 Å². The van der Waals surface area contributed by atoms with Crippen molar-refractivity contribution in [2.45, 2.75) is 13.5 Å². The molecule has 0 spiro atoms. The number of nitrogens with zero attached hydrogens (tertiary/aromatic N) is 3. The first-order valence-corrected chi connectivity index (χ1v) is 5.66. The molecule has 5 heteroatoms. The SMILES string of the molecule is CCOc1cccc(-c2ncn(CCN)n2)c1. The van der Waals surface area contributed by atoms with Crippen molar-refractivity contribution in [1.82, 2.24) is 14.8 Å². The van der Waals surface area contributed by atoms with E-state index < -0.39 is 0 Å². The Balaban J connectivity index is 2.22. The lowest BCUT2D eigenvalue weighted by Gasteiger charge is -2.03. The molecule has 0 saturated carbocycles. The van der Waals surface area contributed by atoms with Crippen LogP contribution in [0.15, 0.2) is 30.6 Å². The molecule has 5 nitrogen and oxygen atoms in total. The lowest BCUT2D eigenvalue weighted by molar-refractivity contribution is 0.340. The Kier molecular flexibility index (Phi) is 3.72. The summed E-state index contributed by atoms with van der Waals surface area (Å²) in [5, 5.41) is 4.34. The van der Waals surface area contributed by atoms with Gasteiger partial charge < -0.3 is 10.5 Å². The summed E-state index contributed by atoms with van der Waals surface area (Å²) in [6.45, 7) is 3.85. The highest BCUT2D eigenvalue weighted by Gasteiger charge is 2.05. The van der Waals surface area contributed by atoms with Crippen LogP contribution < -0.4 is 10.5 Å². The second-order valence-electron chi connectivity index (χ2n) is 3.58. The third-order valence-electron chi connectivity index (χ3n) is 2.30. The van der Waals surface area contributed by atoms with Crippen molar-refractivity contribution in [3.8, 4) is 17.1 Å². The molecule has 2 rings (SSSR count). The van der Waals surface area contributed by atoms with Gasteiger partial charge in [0.15, 0.2) is 5.82 Å². The summed E-state index contributed by atoms with van der Waals surface area (Å²) < 4.78 is 7.18. The molecular formula is C12H16N4O. The van der Waals surface area contributed by atoms with E-state index in [9.17, 15) is 0 Å². The van der Waals surface area contributed by atoms with E-state index in [0.29, 0.717) is 25.5 Å². The van der Waals surface area contributed by atoms with Crippen LogP contribution in [0.3, 0.4) is 0 Å². The number of aromatic nitrogens is 3. The van der Waals surface area contributed by atoms with E-state index in [1.807, 2.05) is 31.2 Å². The summed E-state index contributed by atoms with van der Waals surface area (Å²) in [7, 11) is 0. The van der Waals surface area contributed by atoms with E-state index in [1.165, 1.54) is 0 Å². The Labute approximate surface area is 100 Å². The van der Waals surface area contributed by atoms with Gasteiger partial charge in [-0.2, -0.15) is 5.10 Å². The van der Waals surface area contributed by atoms with Gasteiger partial charge in [-0.1, -0.05) is 12.1 Å². The number of rotatable bonds is 5. The minimum atomic E-state index is 0.557. The molecule has 1 heterocycles. The van der Waals surface area contributed by atoms with Gasteiger partial charge >= 0.3 is 0 Å². The molecular weight excluding hydrogens is 216 g/mol. The summed E-state index contributed by atoms with van der Waals surface area (Å²) in [6, 6.07) is 7.75. The lowest BCUT2D eigenvalue weighted by atomic mass is 10.2. The number of nitrogens with two attached hydrogens (primary N) is 1. The predicted octanol–water partition coefficient (Wildman–Crippen LogP) is 1.30. The van der Waals surface area contributed by atoms with E-state index in [0.717, 1.165) is 11.3 Å². The monoisotopic (exact) mass is 232 g/mol. The first-order chi connectivity index (χ1) is 8.33. The molecule has 90 valence electrons. The number of ether oxygens (including phenoxy) is 1.